The van der Waals surface area contributed by atoms with Crippen LogP contribution in [-0.2, 0) is 0 Å². The lowest BCUT2D eigenvalue weighted by molar-refractivity contribution is 0.163. The molecule has 0 aliphatic heterocycles. The first-order valence-electron chi connectivity index (χ1n) is 5.57. The number of aryl methyl sites for hydroxylation is 1. The van der Waals surface area contributed by atoms with Gasteiger partial charge in [-0.15, -0.1) is 0 Å². The van der Waals surface area contributed by atoms with Gasteiger partial charge < -0.3 is 14.9 Å². The molecule has 2 atom stereocenters. The highest BCUT2D eigenvalue weighted by molar-refractivity contribution is 5.38. The Kier molecular flexibility index (Phi) is 4.77. The zero-order valence-electron chi connectivity index (χ0n) is 10.1. The Morgan fingerprint density at radius 1 is 1.31 bits per heavy atom. The van der Waals surface area contributed by atoms with Gasteiger partial charge in [0.2, 0.25) is 0 Å². The van der Waals surface area contributed by atoms with Crippen molar-refractivity contribution in [3.63, 3.8) is 0 Å². The van der Waals surface area contributed by atoms with Crippen molar-refractivity contribution in [2.45, 2.75) is 26.9 Å². The molecule has 1 rings (SSSR count). The van der Waals surface area contributed by atoms with Gasteiger partial charge in [-0.3, -0.25) is 0 Å². The van der Waals surface area contributed by atoms with Crippen molar-refractivity contribution in [2.24, 2.45) is 5.92 Å². The molecule has 0 amide bonds. The van der Waals surface area contributed by atoms with E-state index in [0.717, 1.165) is 11.1 Å². The van der Waals surface area contributed by atoms with E-state index in [4.69, 9.17) is 9.84 Å². The number of aliphatic hydroxyl groups excluding tert-OH is 2. The molecule has 0 aliphatic rings. The van der Waals surface area contributed by atoms with Gasteiger partial charge >= 0.3 is 0 Å². The number of hydrogen-bond acceptors (Lipinski definition) is 3. The Hall–Kier alpha value is -1.06. The van der Waals surface area contributed by atoms with Crippen LogP contribution in [0.1, 0.15) is 31.1 Å². The van der Waals surface area contributed by atoms with Crippen LogP contribution in [0, 0.1) is 12.8 Å². The van der Waals surface area contributed by atoms with Gasteiger partial charge in [-0.2, -0.15) is 0 Å². The fourth-order valence-electron chi connectivity index (χ4n) is 1.40. The SMILES string of the molecule is Cc1ccc([C@@H](C)O)c(OCC(C)CO)c1. The van der Waals surface area contributed by atoms with Crippen LogP contribution >= 0.6 is 0 Å². The highest BCUT2D eigenvalue weighted by atomic mass is 16.5. The zero-order valence-corrected chi connectivity index (χ0v) is 10.1. The fraction of sp³-hybridized carbons (Fsp3) is 0.538. The van der Waals surface area contributed by atoms with Crippen molar-refractivity contribution in [1.82, 2.24) is 0 Å². The first-order chi connectivity index (χ1) is 7.54. The summed E-state index contributed by atoms with van der Waals surface area (Å²) in [6.45, 7) is 6.18. The van der Waals surface area contributed by atoms with Gasteiger partial charge in [-0.25, -0.2) is 0 Å². The summed E-state index contributed by atoms with van der Waals surface area (Å²) in [6.07, 6.45) is -0.542. The summed E-state index contributed by atoms with van der Waals surface area (Å²) in [6, 6.07) is 5.73. The Bertz CT molecular complexity index is 334. The van der Waals surface area contributed by atoms with E-state index in [1.807, 2.05) is 32.0 Å². The lowest BCUT2D eigenvalue weighted by atomic mass is 10.1. The van der Waals surface area contributed by atoms with Crippen molar-refractivity contribution in [3.05, 3.63) is 29.3 Å². The average molecular weight is 224 g/mol. The molecule has 0 radical (unpaired) electrons. The van der Waals surface area contributed by atoms with Crippen molar-refractivity contribution in [1.29, 1.82) is 0 Å². The summed E-state index contributed by atoms with van der Waals surface area (Å²) in [5.41, 5.74) is 1.88. The van der Waals surface area contributed by atoms with Gasteiger partial charge in [0.1, 0.15) is 5.75 Å². The number of ether oxygens (including phenoxy) is 1. The highest BCUT2D eigenvalue weighted by Gasteiger charge is 2.10. The Morgan fingerprint density at radius 2 is 2.00 bits per heavy atom. The van der Waals surface area contributed by atoms with E-state index in [1.54, 1.807) is 6.92 Å². The van der Waals surface area contributed by atoms with E-state index in [0.29, 0.717) is 12.4 Å². The van der Waals surface area contributed by atoms with E-state index in [2.05, 4.69) is 0 Å². The third kappa shape index (κ3) is 3.51. The molecule has 0 fully saturated rings. The van der Waals surface area contributed by atoms with Crippen molar-refractivity contribution >= 4 is 0 Å². The molecule has 3 nitrogen and oxygen atoms in total. The van der Waals surface area contributed by atoms with Crippen molar-refractivity contribution < 1.29 is 14.9 Å². The van der Waals surface area contributed by atoms with Crippen LogP contribution in [0.3, 0.4) is 0 Å². The van der Waals surface area contributed by atoms with Gasteiger partial charge in [0, 0.05) is 18.1 Å². The summed E-state index contributed by atoms with van der Waals surface area (Å²) in [7, 11) is 0. The second-order valence-electron chi connectivity index (χ2n) is 4.32. The largest absolute Gasteiger partial charge is 0.493 e. The molecule has 0 bridgehead atoms. The minimum Gasteiger partial charge on any atom is -0.493 e. The maximum atomic E-state index is 9.59. The smallest absolute Gasteiger partial charge is 0.125 e. The maximum absolute atomic E-state index is 9.59. The molecule has 2 N–H and O–H groups in total. The molecule has 0 aromatic heterocycles. The number of benzene rings is 1. The topological polar surface area (TPSA) is 49.7 Å². The third-order valence-corrected chi connectivity index (χ3v) is 2.45. The lowest BCUT2D eigenvalue weighted by Crippen LogP contribution is -2.13. The fourth-order valence-corrected chi connectivity index (χ4v) is 1.40. The van der Waals surface area contributed by atoms with Crippen LogP contribution < -0.4 is 4.74 Å². The molecule has 0 spiro atoms. The van der Waals surface area contributed by atoms with Crippen LogP contribution in [0.25, 0.3) is 0 Å². The quantitative estimate of drug-likeness (QED) is 0.804. The molecule has 1 aromatic rings. The maximum Gasteiger partial charge on any atom is 0.125 e. The van der Waals surface area contributed by atoms with E-state index < -0.39 is 6.10 Å². The van der Waals surface area contributed by atoms with E-state index in [-0.39, 0.29) is 12.5 Å². The van der Waals surface area contributed by atoms with Crippen LogP contribution in [0.15, 0.2) is 18.2 Å². The molecule has 0 heterocycles. The number of rotatable bonds is 5. The van der Waals surface area contributed by atoms with E-state index >= 15 is 0 Å². The molecule has 1 unspecified atom stereocenters. The van der Waals surface area contributed by atoms with Crippen LogP contribution in [0.4, 0.5) is 0 Å². The van der Waals surface area contributed by atoms with Crippen molar-refractivity contribution in [3.8, 4) is 5.75 Å². The molecule has 0 saturated heterocycles. The predicted molar refractivity (Wildman–Crippen MR) is 63.6 cm³/mol. The molecule has 16 heavy (non-hydrogen) atoms. The number of aliphatic hydroxyl groups is 2. The summed E-state index contributed by atoms with van der Waals surface area (Å²) in [5.74, 6) is 0.803. The minimum atomic E-state index is -0.542. The first-order valence-corrected chi connectivity index (χ1v) is 5.57. The van der Waals surface area contributed by atoms with E-state index in [9.17, 15) is 5.11 Å². The highest BCUT2D eigenvalue weighted by Crippen LogP contribution is 2.26. The lowest BCUT2D eigenvalue weighted by Gasteiger charge is -2.16. The Morgan fingerprint density at radius 3 is 2.56 bits per heavy atom. The summed E-state index contributed by atoms with van der Waals surface area (Å²) < 4.78 is 5.61. The standard InChI is InChI=1S/C13H20O3/c1-9-4-5-12(11(3)15)13(6-9)16-8-10(2)7-14/h4-6,10-11,14-15H,7-8H2,1-3H3/t10?,11-/m1/s1. The van der Waals surface area contributed by atoms with Gasteiger partial charge in [0.15, 0.2) is 0 Å². The van der Waals surface area contributed by atoms with Crippen LogP contribution in [0.5, 0.6) is 5.75 Å². The minimum absolute atomic E-state index is 0.0994. The molecule has 0 aliphatic carbocycles. The Labute approximate surface area is 96.7 Å². The molecule has 1 aromatic carbocycles. The summed E-state index contributed by atoms with van der Waals surface area (Å²) >= 11 is 0. The summed E-state index contributed by atoms with van der Waals surface area (Å²) in [5, 5.41) is 18.5. The van der Waals surface area contributed by atoms with Gasteiger partial charge in [-0.05, 0) is 25.5 Å². The molecule has 3 heteroatoms. The van der Waals surface area contributed by atoms with Gasteiger partial charge in [0.05, 0.1) is 12.7 Å². The molecular weight excluding hydrogens is 204 g/mol. The normalized spacial score (nSPS) is 14.6. The van der Waals surface area contributed by atoms with Crippen LogP contribution in [-0.4, -0.2) is 23.4 Å². The second kappa shape index (κ2) is 5.87. The second-order valence-corrected chi connectivity index (χ2v) is 4.32. The average Bonchev–Trinajstić information content (AvgIpc) is 2.25. The first kappa shape index (κ1) is 13.0. The summed E-state index contributed by atoms with van der Waals surface area (Å²) in [4.78, 5) is 0. The predicted octanol–water partition coefficient (Wildman–Crippen LogP) is 2.06. The molecular formula is C13H20O3. The number of hydrogen-bond donors (Lipinski definition) is 2. The van der Waals surface area contributed by atoms with Crippen molar-refractivity contribution in [2.75, 3.05) is 13.2 Å². The van der Waals surface area contributed by atoms with Crippen LogP contribution in [0.2, 0.25) is 0 Å². The third-order valence-electron chi connectivity index (χ3n) is 2.45. The van der Waals surface area contributed by atoms with Gasteiger partial charge in [0.25, 0.3) is 0 Å². The molecule has 90 valence electrons. The molecule has 0 saturated carbocycles. The zero-order chi connectivity index (χ0) is 12.1. The Balaban J connectivity index is 2.80. The van der Waals surface area contributed by atoms with Gasteiger partial charge in [-0.1, -0.05) is 19.1 Å². The monoisotopic (exact) mass is 224 g/mol. The van der Waals surface area contributed by atoms with E-state index in [1.165, 1.54) is 0 Å².